The lowest BCUT2D eigenvalue weighted by Crippen LogP contribution is -2.07. The van der Waals surface area contributed by atoms with Crippen LogP contribution < -0.4 is 9.47 Å². The highest BCUT2D eigenvalue weighted by Crippen LogP contribution is 2.39. The molecule has 6 nitrogen and oxygen atoms in total. The van der Waals surface area contributed by atoms with Gasteiger partial charge in [-0.05, 0) is 118 Å². The molecule has 0 atom stereocenters. The molecule has 1 aliphatic carbocycles. The summed E-state index contributed by atoms with van der Waals surface area (Å²) in [4.78, 5) is 0. The maximum Gasteiger partial charge on any atom is 0.168 e. The van der Waals surface area contributed by atoms with E-state index >= 15 is 0 Å². The molecule has 2 aromatic heterocycles. The molecule has 0 saturated carbocycles. The summed E-state index contributed by atoms with van der Waals surface area (Å²) in [5.74, 6) is 3.31. The van der Waals surface area contributed by atoms with Gasteiger partial charge in [0.15, 0.2) is 11.6 Å². The number of aromatic nitrogens is 4. The molecule has 278 valence electrons. The molecular weight excluding hydrogens is 713 g/mol. The van der Waals surface area contributed by atoms with E-state index in [2.05, 4.69) is 136 Å². The van der Waals surface area contributed by atoms with Gasteiger partial charge in [0.1, 0.15) is 11.5 Å². The monoisotopic (exact) mass is 750 g/mol. The maximum absolute atomic E-state index is 5.61. The minimum atomic E-state index is 0.814. The summed E-state index contributed by atoms with van der Waals surface area (Å²) in [5.41, 5.74) is 14.4. The second kappa shape index (κ2) is 13.6. The average molecular weight is 751 g/mol. The highest BCUT2D eigenvalue weighted by Gasteiger charge is 2.20. The Labute approximate surface area is 336 Å². The van der Waals surface area contributed by atoms with Crippen LogP contribution in [0.15, 0.2) is 170 Å². The van der Waals surface area contributed by atoms with Crippen LogP contribution in [0.3, 0.4) is 0 Å². The SMILES string of the molecule is COc1ccc2c(c1)c1cc(OC)ccc1n2-c1ccc2cc3c(cc2c1)Cc1ccc(-c2ccc(-c4nnc(-c5ccccc5)n4-c4ccccc4)cc2)cc1C3. The molecule has 0 radical (unpaired) electrons. The van der Waals surface area contributed by atoms with Crippen molar-refractivity contribution < 1.29 is 9.47 Å². The van der Waals surface area contributed by atoms with E-state index in [-0.39, 0.29) is 0 Å². The molecular formula is C52H38N4O2. The van der Waals surface area contributed by atoms with Crippen molar-refractivity contribution in [1.82, 2.24) is 19.3 Å². The van der Waals surface area contributed by atoms with Gasteiger partial charge in [0.2, 0.25) is 0 Å². The topological polar surface area (TPSA) is 54.1 Å². The third kappa shape index (κ3) is 5.64. The maximum atomic E-state index is 5.61. The molecule has 10 aromatic rings. The van der Waals surface area contributed by atoms with E-state index in [0.717, 1.165) is 80.3 Å². The van der Waals surface area contributed by atoms with Crippen molar-refractivity contribution in [3.8, 4) is 56.8 Å². The summed E-state index contributed by atoms with van der Waals surface area (Å²) >= 11 is 0. The fraction of sp³-hybridized carbons (Fsp3) is 0.0769. The smallest absolute Gasteiger partial charge is 0.168 e. The zero-order valence-electron chi connectivity index (χ0n) is 32.2. The van der Waals surface area contributed by atoms with Crippen molar-refractivity contribution in [1.29, 1.82) is 0 Å². The predicted molar refractivity (Wildman–Crippen MR) is 235 cm³/mol. The highest BCUT2D eigenvalue weighted by molar-refractivity contribution is 6.10. The fourth-order valence-electron chi connectivity index (χ4n) is 8.79. The van der Waals surface area contributed by atoms with E-state index < -0.39 is 0 Å². The quantitative estimate of drug-likeness (QED) is 0.163. The first kappa shape index (κ1) is 33.9. The minimum Gasteiger partial charge on any atom is -0.497 e. The Balaban J connectivity index is 0.902. The summed E-state index contributed by atoms with van der Waals surface area (Å²) in [7, 11) is 3.43. The van der Waals surface area contributed by atoms with Gasteiger partial charge in [-0.25, -0.2) is 0 Å². The van der Waals surface area contributed by atoms with Crippen LogP contribution in [0.2, 0.25) is 0 Å². The van der Waals surface area contributed by atoms with Crippen molar-refractivity contribution in [2.24, 2.45) is 0 Å². The molecule has 0 aliphatic heterocycles. The van der Waals surface area contributed by atoms with Crippen LogP contribution in [0.4, 0.5) is 0 Å². The summed E-state index contributed by atoms with van der Waals surface area (Å²) in [6.07, 6.45) is 1.82. The summed E-state index contributed by atoms with van der Waals surface area (Å²) in [5, 5.41) is 14.1. The van der Waals surface area contributed by atoms with Crippen molar-refractivity contribution >= 4 is 32.6 Å². The Bertz CT molecular complexity index is 3120. The number of methoxy groups -OCH3 is 2. The zero-order chi connectivity index (χ0) is 38.7. The molecule has 0 saturated heterocycles. The number of hydrogen-bond acceptors (Lipinski definition) is 4. The fourth-order valence-corrected chi connectivity index (χ4v) is 8.79. The molecule has 0 bridgehead atoms. The number of hydrogen-bond donors (Lipinski definition) is 0. The molecule has 8 aromatic carbocycles. The van der Waals surface area contributed by atoms with Gasteiger partial charge in [0.25, 0.3) is 0 Å². The van der Waals surface area contributed by atoms with Gasteiger partial charge in [-0.15, -0.1) is 10.2 Å². The van der Waals surface area contributed by atoms with Gasteiger partial charge in [-0.2, -0.15) is 0 Å². The van der Waals surface area contributed by atoms with E-state index in [4.69, 9.17) is 14.6 Å². The first-order valence-electron chi connectivity index (χ1n) is 19.6. The van der Waals surface area contributed by atoms with Crippen LogP contribution in [0.5, 0.6) is 11.5 Å². The molecule has 0 N–H and O–H groups in total. The summed E-state index contributed by atoms with van der Waals surface area (Å²) < 4.78 is 15.7. The predicted octanol–water partition coefficient (Wildman–Crippen LogP) is 12.0. The van der Waals surface area contributed by atoms with Gasteiger partial charge in [0.05, 0.1) is 25.3 Å². The van der Waals surface area contributed by atoms with Crippen LogP contribution in [-0.4, -0.2) is 33.6 Å². The van der Waals surface area contributed by atoms with Crippen molar-refractivity contribution in [3.63, 3.8) is 0 Å². The lowest BCUT2D eigenvalue weighted by atomic mass is 9.83. The van der Waals surface area contributed by atoms with Crippen LogP contribution in [0, 0.1) is 0 Å². The number of benzene rings is 8. The molecule has 1 aliphatic rings. The molecule has 0 unspecified atom stereocenters. The van der Waals surface area contributed by atoms with Gasteiger partial charge in [-0.3, -0.25) is 4.57 Å². The molecule has 58 heavy (non-hydrogen) atoms. The molecule has 0 spiro atoms. The highest BCUT2D eigenvalue weighted by atomic mass is 16.5. The van der Waals surface area contributed by atoms with E-state index in [0.29, 0.717) is 0 Å². The Kier molecular flexibility index (Phi) is 7.96. The Morgan fingerprint density at radius 3 is 1.60 bits per heavy atom. The lowest BCUT2D eigenvalue weighted by molar-refractivity contribution is 0.415. The zero-order valence-corrected chi connectivity index (χ0v) is 32.2. The van der Waals surface area contributed by atoms with Gasteiger partial charge >= 0.3 is 0 Å². The number of fused-ring (bicyclic) bond motifs is 6. The van der Waals surface area contributed by atoms with Crippen molar-refractivity contribution in [2.45, 2.75) is 12.8 Å². The molecule has 6 heteroatoms. The molecule has 0 fully saturated rings. The average Bonchev–Trinajstić information content (AvgIpc) is 3.87. The largest absolute Gasteiger partial charge is 0.497 e. The number of para-hydroxylation sites is 1. The third-order valence-electron chi connectivity index (χ3n) is 11.7. The van der Waals surface area contributed by atoms with Gasteiger partial charge in [0, 0.05) is 33.3 Å². The van der Waals surface area contributed by atoms with Crippen LogP contribution in [-0.2, 0) is 12.8 Å². The number of rotatable bonds is 7. The third-order valence-corrected chi connectivity index (χ3v) is 11.7. The molecule has 11 rings (SSSR count). The molecule has 2 heterocycles. The number of ether oxygens (including phenoxy) is 2. The van der Waals surface area contributed by atoms with E-state index in [1.807, 2.05) is 48.5 Å². The van der Waals surface area contributed by atoms with Crippen LogP contribution in [0.25, 0.3) is 77.9 Å². The first-order valence-corrected chi connectivity index (χ1v) is 19.6. The van der Waals surface area contributed by atoms with E-state index in [9.17, 15) is 0 Å². The minimum absolute atomic E-state index is 0.814. The molecule has 0 amide bonds. The van der Waals surface area contributed by atoms with Crippen molar-refractivity contribution in [3.05, 3.63) is 192 Å². The van der Waals surface area contributed by atoms with Crippen LogP contribution >= 0.6 is 0 Å². The van der Waals surface area contributed by atoms with Gasteiger partial charge < -0.3 is 14.0 Å². The Hall–Kier alpha value is -7.44. The standard InChI is InChI=1S/C52H38N4O2/c1-57-45-21-23-49-47(31-45)48-32-46(58-2)22-24-50(48)55(49)44-20-19-38-27-40-28-39-25-36(17-18-37(39)26-41(40)29-42(38)30-44)33-13-15-35(16-14-33)52-54-53-51(34-9-5-3-6-10-34)56(52)43-11-7-4-8-12-43/h3-25,27,29-32H,26,28H2,1-2H3. The van der Waals surface area contributed by atoms with Crippen molar-refractivity contribution in [2.75, 3.05) is 14.2 Å². The van der Waals surface area contributed by atoms with Crippen LogP contribution in [0.1, 0.15) is 22.3 Å². The first-order chi connectivity index (χ1) is 28.6. The number of nitrogens with zero attached hydrogens (tertiary/aromatic N) is 4. The summed E-state index contributed by atoms with van der Waals surface area (Å²) in [6, 6.07) is 60.5. The van der Waals surface area contributed by atoms with E-state index in [1.165, 1.54) is 44.2 Å². The second-order valence-electron chi connectivity index (χ2n) is 15.1. The Morgan fingerprint density at radius 2 is 0.948 bits per heavy atom. The normalized spacial score (nSPS) is 12.2. The second-order valence-corrected chi connectivity index (χ2v) is 15.1. The summed E-state index contributed by atoms with van der Waals surface area (Å²) in [6.45, 7) is 0. The Morgan fingerprint density at radius 1 is 0.397 bits per heavy atom. The lowest BCUT2D eigenvalue weighted by Gasteiger charge is -2.22. The van der Waals surface area contributed by atoms with E-state index in [1.54, 1.807) is 14.2 Å². The van der Waals surface area contributed by atoms with Gasteiger partial charge in [-0.1, -0.05) is 109 Å².